The normalized spacial score (nSPS) is 10.5. The van der Waals surface area contributed by atoms with Gasteiger partial charge in [0.15, 0.2) is 11.6 Å². The highest BCUT2D eigenvalue weighted by molar-refractivity contribution is 5.67. The number of ether oxygens (including phenoxy) is 1. The van der Waals surface area contributed by atoms with Gasteiger partial charge in [-0.3, -0.25) is 0 Å². The maximum Gasteiger partial charge on any atom is 0.228 e. The minimum atomic E-state index is 0.450. The number of hydrogen-bond acceptors (Lipinski definition) is 5. The summed E-state index contributed by atoms with van der Waals surface area (Å²) >= 11 is 0. The third kappa shape index (κ3) is 3.15. The molecule has 0 aliphatic heterocycles. The molecule has 0 amide bonds. The van der Waals surface area contributed by atoms with Gasteiger partial charge in [0, 0.05) is 29.7 Å². The lowest BCUT2D eigenvalue weighted by molar-refractivity contribution is 0.399. The van der Waals surface area contributed by atoms with Gasteiger partial charge < -0.3 is 4.74 Å². The van der Waals surface area contributed by atoms with Gasteiger partial charge in [-0.05, 0) is 5.56 Å². The van der Waals surface area contributed by atoms with Gasteiger partial charge in [0.2, 0.25) is 5.88 Å². The standard InChI is InChI=1S/C21H16N4O/c1-26-21-18(14-24-19(25-21)16-10-6-3-7-11-16)20-22-12-17(13-23-20)15-8-4-2-5-9-15/h2-14H,1H3. The van der Waals surface area contributed by atoms with Crippen LogP contribution in [-0.4, -0.2) is 27.0 Å². The van der Waals surface area contributed by atoms with Crippen LogP contribution in [0.1, 0.15) is 0 Å². The second kappa shape index (κ2) is 7.11. The Bertz CT molecular complexity index is 1000. The lowest BCUT2D eigenvalue weighted by atomic mass is 10.1. The summed E-state index contributed by atoms with van der Waals surface area (Å²) in [6.07, 6.45) is 5.29. The highest BCUT2D eigenvalue weighted by atomic mass is 16.5. The predicted molar refractivity (Wildman–Crippen MR) is 100 cm³/mol. The molecule has 0 radical (unpaired) electrons. The summed E-state index contributed by atoms with van der Waals surface area (Å²) in [6, 6.07) is 19.8. The van der Waals surface area contributed by atoms with Gasteiger partial charge in [0.25, 0.3) is 0 Å². The Balaban J connectivity index is 1.69. The molecule has 0 atom stereocenters. The van der Waals surface area contributed by atoms with Crippen molar-refractivity contribution in [3.8, 4) is 39.8 Å². The van der Waals surface area contributed by atoms with Crippen molar-refractivity contribution >= 4 is 0 Å². The molecule has 5 nitrogen and oxygen atoms in total. The molecule has 0 unspecified atom stereocenters. The van der Waals surface area contributed by atoms with Gasteiger partial charge in [0.1, 0.15) is 0 Å². The summed E-state index contributed by atoms with van der Waals surface area (Å²) in [5, 5.41) is 0. The summed E-state index contributed by atoms with van der Waals surface area (Å²) < 4.78 is 5.45. The van der Waals surface area contributed by atoms with E-state index < -0.39 is 0 Å². The molecule has 0 fully saturated rings. The van der Waals surface area contributed by atoms with Gasteiger partial charge in [-0.1, -0.05) is 60.7 Å². The zero-order valence-electron chi connectivity index (χ0n) is 14.2. The van der Waals surface area contributed by atoms with Gasteiger partial charge in [0.05, 0.1) is 12.7 Å². The van der Waals surface area contributed by atoms with Gasteiger partial charge in [-0.2, -0.15) is 4.98 Å². The largest absolute Gasteiger partial charge is 0.480 e. The maximum absolute atomic E-state index is 5.45. The quantitative estimate of drug-likeness (QED) is 0.555. The SMILES string of the molecule is COc1nc(-c2ccccc2)ncc1-c1ncc(-c2ccccc2)cn1. The average molecular weight is 340 g/mol. The highest BCUT2D eigenvalue weighted by Crippen LogP contribution is 2.28. The van der Waals surface area contributed by atoms with E-state index in [1.54, 1.807) is 25.7 Å². The molecule has 5 heteroatoms. The smallest absolute Gasteiger partial charge is 0.228 e. The third-order valence-corrected chi connectivity index (χ3v) is 3.98. The van der Waals surface area contributed by atoms with E-state index >= 15 is 0 Å². The fourth-order valence-corrected chi connectivity index (χ4v) is 2.65. The van der Waals surface area contributed by atoms with Crippen LogP contribution in [0.15, 0.2) is 79.3 Å². The molecule has 0 N–H and O–H groups in total. The molecule has 0 saturated heterocycles. The van der Waals surface area contributed by atoms with Crippen molar-refractivity contribution in [1.82, 2.24) is 19.9 Å². The summed E-state index contributed by atoms with van der Waals surface area (Å²) in [5.74, 6) is 1.58. The predicted octanol–water partition coefficient (Wildman–Crippen LogP) is 4.28. The molecule has 0 bridgehead atoms. The first-order chi connectivity index (χ1) is 12.8. The lowest BCUT2D eigenvalue weighted by Gasteiger charge is -2.08. The van der Waals surface area contributed by atoms with E-state index in [9.17, 15) is 0 Å². The molecule has 26 heavy (non-hydrogen) atoms. The molecule has 0 saturated carbocycles. The van der Waals surface area contributed by atoms with Crippen LogP contribution in [0.25, 0.3) is 33.9 Å². The Hall–Kier alpha value is -3.60. The zero-order valence-corrected chi connectivity index (χ0v) is 14.2. The molecule has 0 aliphatic rings. The van der Waals surface area contributed by atoms with Crippen LogP contribution in [-0.2, 0) is 0 Å². The Labute approximate surface area is 151 Å². The van der Waals surface area contributed by atoms with Crippen LogP contribution in [0.4, 0.5) is 0 Å². The maximum atomic E-state index is 5.45. The van der Waals surface area contributed by atoms with Gasteiger partial charge in [-0.25, -0.2) is 15.0 Å². The van der Waals surface area contributed by atoms with E-state index in [1.807, 2.05) is 60.7 Å². The third-order valence-electron chi connectivity index (χ3n) is 3.98. The first-order valence-corrected chi connectivity index (χ1v) is 8.19. The second-order valence-corrected chi connectivity index (χ2v) is 5.64. The topological polar surface area (TPSA) is 60.8 Å². The summed E-state index contributed by atoms with van der Waals surface area (Å²) in [6.45, 7) is 0. The van der Waals surface area contributed by atoms with Crippen molar-refractivity contribution in [2.45, 2.75) is 0 Å². The van der Waals surface area contributed by atoms with Gasteiger partial charge >= 0.3 is 0 Å². The first-order valence-electron chi connectivity index (χ1n) is 8.19. The summed E-state index contributed by atoms with van der Waals surface area (Å²) in [5.41, 5.74) is 3.61. The molecular weight excluding hydrogens is 324 g/mol. The number of aromatic nitrogens is 4. The molecule has 0 spiro atoms. The highest BCUT2D eigenvalue weighted by Gasteiger charge is 2.13. The van der Waals surface area contributed by atoms with Crippen molar-refractivity contribution in [1.29, 1.82) is 0 Å². The lowest BCUT2D eigenvalue weighted by Crippen LogP contribution is -1.99. The fourth-order valence-electron chi connectivity index (χ4n) is 2.65. The van der Waals surface area contributed by atoms with Crippen LogP contribution in [0.5, 0.6) is 5.88 Å². The molecule has 2 aromatic heterocycles. The molecule has 2 heterocycles. The minimum absolute atomic E-state index is 0.450. The molecule has 0 aliphatic carbocycles. The van der Waals surface area contributed by atoms with E-state index in [0.717, 1.165) is 16.7 Å². The second-order valence-electron chi connectivity index (χ2n) is 5.64. The number of rotatable bonds is 4. The average Bonchev–Trinajstić information content (AvgIpc) is 2.75. The number of methoxy groups -OCH3 is 1. The van der Waals surface area contributed by atoms with E-state index in [0.29, 0.717) is 23.1 Å². The van der Waals surface area contributed by atoms with Crippen molar-refractivity contribution in [2.75, 3.05) is 7.11 Å². The monoisotopic (exact) mass is 340 g/mol. The van der Waals surface area contributed by atoms with Crippen molar-refractivity contribution in [3.63, 3.8) is 0 Å². The summed E-state index contributed by atoms with van der Waals surface area (Å²) in [4.78, 5) is 17.9. The van der Waals surface area contributed by atoms with Crippen LogP contribution >= 0.6 is 0 Å². The van der Waals surface area contributed by atoms with Crippen LogP contribution < -0.4 is 4.74 Å². The molecular formula is C21H16N4O. The summed E-state index contributed by atoms with van der Waals surface area (Å²) in [7, 11) is 1.58. The molecule has 2 aromatic carbocycles. The van der Waals surface area contributed by atoms with Crippen molar-refractivity contribution in [2.24, 2.45) is 0 Å². The Kier molecular flexibility index (Phi) is 4.35. The van der Waals surface area contributed by atoms with E-state index in [1.165, 1.54) is 0 Å². The number of hydrogen-bond donors (Lipinski definition) is 0. The first kappa shape index (κ1) is 15.9. The van der Waals surface area contributed by atoms with E-state index in [2.05, 4.69) is 19.9 Å². The molecule has 4 rings (SSSR count). The minimum Gasteiger partial charge on any atom is -0.480 e. The zero-order chi connectivity index (χ0) is 17.8. The van der Waals surface area contributed by atoms with Crippen LogP contribution in [0.3, 0.4) is 0 Å². The molecule has 126 valence electrons. The Morgan fingerprint density at radius 3 is 1.81 bits per heavy atom. The fraction of sp³-hybridized carbons (Fsp3) is 0.0476. The van der Waals surface area contributed by atoms with Gasteiger partial charge in [-0.15, -0.1) is 0 Å². The van der Waals surface area contributed by atoms with Crippen LogP contribution in [0, 0.1) is 0 Å². The Morgan fingerprint density at radius 2 is 1.19 bits per heavy atom. The van der Waals surface area contributed by atoms with Crippen molar-refractivity contribution in [3.05, 3.63) is 79.3 Å². The van der Waals surface area contributed by atoms with E-state index in [-0.39, 0.29) is 0 Å². The number of benzene rings is 2. The number of nitrogens with zero attached hydrogens (tertiary/aromatic N) is 4. The van der Waals surface area contributed by atoms with Crippen molar-refractivity contribution < 1.29 is 4.74 Å². The molecule has 4 aromatic rings. The Morgan fingerprint density at radius 1 is 0.615 bits per heavy atom. The van der Waals surface area contributed by atoms with E-state index in [4.69, 9.17) is 4.74 Å². The van der Waals surface area contributed by atoms with Crippen LogP contribution in [0.2, 0.25) is 0 Å².